The number of nitrogens with one attached hydrogen (secondary N) is 2. The highest BCUT2D eigenvalue weighted by Crippen LogP contribution is 2.19. The lowest BCUT2D eigenvalue weighted by molar-refractivity contribution is 0.0962. The van der Waals surface area contributed by atoms with Crippen molar-refractivity contribution in [2.24, 2.45) is 0 Å². The summed E-state index contributed by atoms with van der Waals surface area (Å²) in [7, 11) is 1.54. The van der Waals surface area contributed by atoms with Crippen molar-refractivity contribution in [1.29, 1.82) is 0 Å². The lowest BCUT2D eigenvalue weighted by Gasteiger charge is -2.07. The fourth-order valence-electron chi connectivity index (χ4n) is 1.72. The molecule has 2 N–H and O–H groups in total. The van der Waals surface area contributed by atoms with Crippen molar-refractivity contribution in [3.63, 3.8) is 0 Å². The number of anilines is 1. The van der Waals surface area contributed by atoms with Crippen LogP contribution in [0.5, 0.6) is 0 Å². The largest absolute Gasteiger partial charge is 0.355 e. The standard InChI is InChI=1S/C15H12ClFN2O2/c1-18-14(20)9-2-5-11(6-3-9)19-15(21)12-7-4-10(17)8-13(12)16/h2-8H,1H3,(H,18,20)(H,19,21). The molecule has 0 aliphatic rings. The van der Waals surface area contributed by atoms with Crippen LogP contribution in [0.1, 0.15) is 20.7 Å². The Hall–Kier alpha value is -2.40. The summed E-state index contributed by atoms with van der Waals surface area (Å²) < 4.78 is 12.9. The molecule has 2 amide bonds. The second-order valence-electron chi connectivity index (χ2n) is 4.23. The third-order valence-electron chi connectivity index (χ3n) is 2.81. The molecule has 0 spiro atoms. The molecule has 0 fully saturated rings. The number of carbonyl (C=O) groups is 2. The zero-order chi connectivity index (χ0) is 15.4. The van der Waals surface area contributed by atoms with Gasteiger partial charge in [0.05, 0.1) is 10.6 Å². The molecule has 0 radical (unpaired) electrons. The van der Waals surface area contributed by atoms with Crippen LogP contribution in [0.3, 0.4) is 0 Å². The summed E-state index contributed by atoms with van der Waals surface area (Å²) in [5, 5.41) is 5.16. The van der Waals surface area contributed by atoms with Crippen LogP contribution in [-0.2, 0) is 0 Å². The molecule has 0 aliphatic heterocycles. The van der Waals surface area contributed by atoms with Crippen molar-refractivity contribution in [1.82, 2.24) is 5.32 Å². The van der Waals surface area contributed by atoms with E-state index in [9.17, 15) is 14.0 Å². The molecule has 0 saturated carbocycles. The van der Waals surface area contributed by atoms with Crippen molar-refractivity contribution < 1.29 is 14.0 Å². The quantitative estimate of drug-likeness (QED) is 0.915. The van der Waals surface area contributed by atoms with Crippen molar-refractivity contribution in [2.45, 2.75) is 0 Å². The summed E-state index contributed by atoms with van der Waals surface area (Å²) in [6, 6.07) is 9.91. The van der Waals surface area contributed by atoms with Crippen LogP contribution >= 0.6 is 11.6 Å². The maximum Gasteiger partial charge on any atom is 0.257 e. The van der Waals surface area contributed by atoms with E-state index in [0.29, 0.717) is 11.3 Å². The summed E-state index contributed by atoms with van der Waals surface area (Å²) in [6.07, 6.45) is 0. The molecule has 2 aromatic carbocycles. The highest BCUT2D eigenvalue weighted by Gasteiger charge is 2.11. The van der Waals surface area contributed by atoms with Gasteiger partial charge in [0.25, 0.3) is 11.8 Å². The van der Waals surface area contributed by atoms with E-state index in [1.165, 1.54) is 13.1 Å². The van der Waals surface area contributed by atoms with Gasteiger partial charge in [-0.15, -0.1) is 0 Å². The fraction of sp³-hybridized carbons (Fsp3) is 0.0667. The van der Waals surface area contributed by atoms with Gasteiger partial charge >= 0.3 is 0 Å². The Kier molecular flexibility index (Phi) is 4.55. The van der Waals surface area contributed by atoms with Crippen LogP contribution in [-0.4, -0.2) is 18.9 Å². The number of amides is 2. The number of hydrogen-bond acceptors (Lipinski definition) is 2. The molecule has 21 heavy (non-hydrogen) atoms. The van der Waals surface area contributed by atoms with Gasteiger partial charge in [-0.25, -0.2) is 4.39 Å². The molecule has 2 aromatic rings. The highest BCUT2D eigenvalue weighted by molar-refractivity contribution is 6.34. The van der Waals surface area contributed by atoms with Crippen LogP contribution in [0.25, 0.3) is 0 Å². The molecule has 0 atom stereocenters. The Labute approximate surface area is 125 Å². The molecule has 0 bridgehead atoms. The summed E-state index contributed by atoms with van der Waals surface area (Å²) in [4.78, 5) is 23.4. The van der Waals surface area contributed by atoms with Gasteiger partial charge in [-0.2, -0.15) is 0 Å². The van der Waals surface area contributed by atoms with E-state index in [1.807, 2.05) is 0 Å². The van der Waals surface area contributed by atoms with Gasteiger partial charge in [-0.1, -0.05) is 11.6 Å². The zero-order valence-electron chi connectivity index (χ0n) is 11.1. The first kappa shape index (κ1) is 15.0. The van der Waals surface area contributed by atoms with E-state index in [1.54, 1.807) is 24.3 Å². The lowest BCUT2D eigenvalue weighted by atomic mass is 10.1. The molecule has 4 nitrogen and oxygen atoms in total. The Bertz CT molecular complexity index is 687. The molecule has 0 heterocycles. The minimum atomic E-state index is -0.508. The van der Waals surface area contributed by atoms with Crippen LogP contribution in [0.15, 0.2) is 42.5 Å². The Morgan fingerprint density at radius 3 is 2.29 bits per heavy atom. The highest BCUT2D eigenvalue weighted by atomic mass is 35.5. The summed E-state index contributed by atoms with van der Waals surface area (Å²) in [5.41, 5.74) is 1.16. The third-order valence-corrected chi connectivity index (χ3v) is 3.12. The fourth-order valence-corrected chi connectivity index (χ4v) is 1.97. The van der Waals surface area contributed by atoms with Crippen molar-refractivity contribution >= 4 is 29.1 Å². The second kappa shape index (κ2) is 6.37. The number of rotatable bonds is 3. The Morgan fingerprint density at radius 2 is 1.71 bits per heavy atom. The molecule has 0 aromatic heterocycles. The van der Waals surface area contributed by atoms with Gasteiger partial charge in [0.1, 0.15) is 5.82 Å². The van der Waals surface area contributed by atoms with Crippen molar-refractivity contribution in [3.05, 3.63) is 64.4 Å². The molecular formula is C15H12ClFN2O2. The van der Waals surface area contributed by atoms with E-state index in [4.69, 9.17) is 11.6 Å². The molecule has 6 heteroatoms. The molecule has 0 unspecified atom stereocenters. The normalized spacial score (nSPS) is 10.0. The predicted molar refractivity (Wildman–Crippen MR) is 79.2 cm³/mol. The van der Waals surface area contributed by atoms with E-state index in [2.05, 4.69) is 10.6 Å². The smallest absolute Gasteiger partial charge is 0.257 e. The maximum atomic E-state index is 12.9. The van der Waals surface area contributed by atoms with E-state index in [0.717, 1.165) is 12.1 Å². The summed E-state index contributed by atoms with van der Waals surface area (Å²) in [6.45, 7) is 0. The number of hydrogen-bond donors (Lipinski definition) is 2. The second-order valence-corrected chi connectivity index (χ2v) is 4.64. The molecule has 0 aliphatic carbocycles. The topological polar surface area (TPSA) is 58.2 Å². The van der Waals surface area contributed by atoms with Crippen molar-refractivity contribution in [3.8, 4) is 0 Å². The van der Waals surface area contributed by atoms with E-state index in [-0.39, 0.29) is 16.5 Å². The summed E-state index contributed by atoms with van der Waals surface area (Å²) in [5.74, 6) is -1.17. The van der Waals surface area contributed by atoms with Crippen LogP contribution < -0.4 is 10.6 Å². The average molecular weight is 307 g/mol. The van der Waals surface area contributed by atoms with Gasteiger partial charge < -0.3 is 10.6 Å². The van der Waals surface area contributed by atoms with Crippen LogP contribution in [0.4, 0.5) is 10.1 Å². The zero-order valence-corrected chi connectivity index (χ0v) is 11.9. The minimum Gasteiger partial charge on any atom is -0.355 e. The number of carbonyl (C=O) groups excluding carboxylic acids is 2. The van der Waals surface area contributed by atoms with Gasteiger partial charge in [0, 0.05) is 18.3 Å². The monoisotopic (exact) mass is 306 g/mol. The SMILES string of the molecule is CNC(=O)c1ccc(NC(=O)c2ccc(F)cc2Cl)cc1. The Morgan fingerprint density at radius 1 is 1.05 bits per heavy atom. The average Bonchev–Trinajstić information content (AvgIpc) is 2.47. The molecule has 0 saturated heterocycles. The van der Waals surface area contributed by atoms with E-state index < -0.39 is 11.7 Å². The van der Waals surface area contributed by atoms with E-state index >= 15 is 0 Å². The first-order valence-electron chi connectivity index (χ1n) is 6.10. The third kappa shape index (κ3) is 3.58. The minimum absolute atomic E-state index is 0.0366. The molecule has 2 rings (SSSR count). The first-order chi connectivity index (χ1) is 10.0. The van der Waals surface area contributed by atoms with Crippen molar-refractivity contribution in [2.75, 3.05) is 12.4 Å². The van der Waals surface area contributed by atoms with Crippen LogP contribution in [0, 0.1) is 5.82 Å². The number of benzene rings is 2. The van der Waals surface area contributed by atoms with Crippen LogP contribution in [0.2, 0.25) is 5.02 Å². The summed E-state index contributed by atoms with van der Waals surface area (Å²) >= 11 is 5.82. The lowest BCUT2D eigenvalue weighted by Crippen LogP contribution is -2.18. The number of halogens is 2. The molecule has 108 valence electrons. The van der Waals surface area contributed by atoms with Gasteiger partial charge in [0.15, 0.2) is 0 Å². The molecular weight excluding hydrogens is 295 g/mol. The maximum absolute atomic E-state index is 12.9. The first-order valence-corrected chi connectivity index (χ1v) is 6.47. The van der Waals surface area contributed by atoms with Gasteiger partial charge in [-0.3, -0.25) is 9.59 Å². The predicted octanol–water partition coefficient (Wildman–Crippen LogP) is 3.09. The van der Waals surface area contributed by atoms with Gasteiger partial charge in [0.2, 0.25) is 0 Å². The Balaban J connectivity index is 2.14. The van der Waals surface area contributed by atoms with Gasteiger partial charge in [-0.05, 0) is 42.5 Å².